The topological polar surface area (TPSA) is 3.24 Å². The second-order valence-electron chi connectivity index (χ2n) is 4.17. The van der Waals surface area contributed by atoms with Gasteiger partial charge in [-0.15, -0.1) is 0 Å². The van der Waals surface area contributed by atoms with Crippen LogP contribution < -0.4 is 4.90 Å². The molecule has 0 radical (unpaired) electrons. The van der Waals surface area contributed by atoms with Gasteiger partial charge in [-0.2, -0.15) is 0 Å². The molecule has 78 valence electrons. The van der Waals surface area contributed by atoms with E-state index in [2.05, 4.69) is 51.8 Å². The van der Waals surface area contributed by atoms with Crippen molar-refractivity contribution in [2.24, 2.45) is 0 Å². The summed E-state index contributed by atoms with van der Waals surface area (Å²) in [5.74, 6) is 0. The maximum absolute atomic E-state index is 2.35. The van der Waals surface area contributed by atoms with Crippen molar-refractivity contribution < 1.29 is 0 Å². The normalized spacial score (nSPS) is 10.4. The molecule has 0 saturated carbocycles. The molecule has 0 fully saturated rings. The highest BCUT2D eigenvalue weighted by atomic mass is 15.1. The van der Waals surface area contributed by atoms with Crippen LogP contribution in [0.1, 0.15) is 30.0 Å². The van der Waals surface area contributed by atoms with Crippen LogP contribution in [-0.4, -0.2) is 13.6 Å². The SMILES string of the molecule is CCCN(C)c1c(C)cc(C)cc1C. The van der Waals surface area contributed by atoms with Gasteiger partial charge >= 0.3 is 0 Å². The first-order chi connectivity index (χ1) is 6.56. The van der Waals surface area contributed by atoms with Crippen molar-refractivity contribution in [3.63, 3.8) is 0 Å². The molecule has 1 aromatic rings. The van der Waals surface area contributed by atoms with Gasteiger partial charge in [-0.25, -0.2) is 0 Å². The Kier molecular flexibility index (Phi) is 3.56. The third kappa shape index (κ3) is 2.28. The number of anilines is 1. The second kappa shape index (κ2) is 4.50. The molecule has 0 N–H and O–H groups in total. The van der Waals surface area contributed by atoms with Crippen molar-refractivity contribution in [2.75, 3.05) is 18.5 Å². The van der Waals surface area contributed by atoms with Crippen molar-refractivity contribution in [2.45, 2.75) is 34.1 Å². The summed E-state index contributed by atoms with van der Waals surface area (Å²) in [5.41, 5.74) is 5.53. The van der Waals surface area contributed by atoms with E-state index in [1.165, 1.54) is 28.8 Å². The number of hydrogen-bond donors (Lipinski definition) is 0. The van der Waals surface area contributed by atoms with Gasteiger partial charge in [-0.05, 0) is 38.3 Å². The summed E-state index contributed by atoms with van der Waals surface area (Å²) in [6.07, 6.45) is 1.20. The molecule has 0 aliphatic carbocycles. The Morgan fingerprint density at radius 1 is 1.07 bits per heavy atom. The summed E-state index contributed by atoms with van der Waals surface area (Å²) in [5, 5.41) is 0. The molecule has 0 spiro atoms. The highest BCUT2D eigenvalue weighted by Crippen LogP contribution is 2.25. The quantitative estimate of drug-likeness (QED) is 0.707. The molecule has 0 saturated heterocycles. The summed E-state index contributed by atoms with van der Waals surface area (Å²) < 4.78 is 0. The first-order valence-electron chi connectivity index (χ1n) is 5.35. The predicted molar refractivity (Wildman–Crippen MR) is 64.2 cm³/mol. The zero-order chi connectivity index (χ0) is 10.7. The van der Waals surface area contributed by atoms with Crippen molar-refractivity contribution in [1.29, 1.82) is 0 Å². The van der Waals surface area contributed by atoms with Crippen LogP contribution in [0.15, 0.2) is 12.1 Å². The van der Waals surface area contributed by atoms with Gasteiger partial charge in [0.25, 0.3) is 0 Å². The minimum absolute atomic E-state index is 1.13. The van der Waals surface area contributed by atoms with Crippen molar-refractivity contribution >= 4 is 5.69 Å². The minimum atomic E-state index is 1.13. The lowest BCUT2D eigenvalue weighted by Crippen LogP contribution is -2.19. The lowest BCUT2D eigenvalue weighted by atomic mass is 10.0. The van der Waals surface area contributed by atoms with Crippen LogP contribution in [-0.2, 0) is 0 Å². The van der Waals surface area contributed by atoms with Gasteiger partial charge in [0.15, 0.2) is 0 Å². The third-order valence-electron chi connectivity index (χ3n) is 2.58. The number of aryl methyl sites for hydroxylation is 3. The monoisotopic (exact) mass is 191 g/mol. The summed E-state index contributed by atoms with van der Waals surface area (Å²) in [6.45, 7) is 9.90. The standard InChI is InChI=1S/C13H21N/c1-6-7-14(5)13-11(3)8-10(2)9-12(13)4/h8-9H,6-7H2,1-5H3. The van der Waals surface area contributed by atoms with E-state index in [1.54, 1.807) is 0 Å². The highest BCUT2D eigenvalue weighted by Gasteiger charge is 2.07. The highest BCUT2D eigenvalue weighted by molar-refractivity contribution is 5.59. The van der Waals surface area contributed by atoms with E-state index in [4.69, 9.17) is 0 Å². The smallest absolute Gasteiger partial charge is 0.0423 e. The molecular formula is C13H21N. The molecule has 0 unspecified atom stereocenters. The van der Waals surface area contributed by atoms with E-state index in [9.17, 15) is 0 Å². The van der Waals surface area contributed by atoms with Crippen LogP contribution >= 0.6 is 0 Å². The molecular weight excluding hydrogens is 170 g/mol. The molecule has 0 aliphatic heterocycles. The Hall–Kier alpha value is -0.980. The van der Waals surface area contributed by atoms with Crippen LogP contribution in [0.2, 0.25) is 0 Å². The first kappa shape index (κ1) is 11.1. The van der Waals surface area contributed by atoms with Gasteiger partial charge in [-0.1, -0.05) is 24.6 Å². The van der Waals surface area contributed by atoms with E-state index >= 15 is 0 Å². The van der Waals surface area contributed by atoms with Crippen LogP contribution in [0.3, 0.4) is 0 Å². The van der Waals surface area contributed by atoms with Gasteiger partial charge in [0.2, 0.25) is 0 Å². The van der Waals surface area contributed by atoms with E-state index in [1.807, 2.05) is 0 Å². The average molecular weight is 191 g/mol. The lowest BCUT2D eigenvalue weighted by Gasteiger charge is -2.23. The molecule has 1 nitrogen and oxygen atoms in total. The fourth-order valence-corrected chi connectivity index (χ4v) is 2.22. The zero-order valence-electron chi connectivity index (χ0n) is 10.0. The number of rotatable bonds is 3. The molecule has 0 aliphatic rings. The Bertz CT molecular complexity index is 292. The van der Waals surface area contributed by atoms with Crippen molar-refractivity contribution in [3.8, 4) is 0 Å². The Morgan fingerprint density at radius 3 is 2.00 bits per heavy atom. The maximum Gasteiger partial charge on any atom is 0.0423 e. The summed E-state index contributed by atoms with van der Waals surface area (Å²) >= 11 is 0. The molecule has 0 heterocycles. The van der Waals surface area contributed by atoms with Crippen molar-refractivity contribution in [3.05, 3.63) is 28.8 Å². The Balaban J connectivity index is 3.07. The van der Waals surface area contributed by atoms with E-state index < -0.39 is 0 Å². The fraction of sp³-hybridized carbons (Fsp3) is 0.538. The summed E-state index contributed by atoms with van der Waals surface area (Å²) in [6, 6.07) is 4.52. The number of hydrogen-bond acceptors (Lipinski definition) is 1. The van der Waals surface area contributed by atoms with E-state index in [0.717, 1.165) is 6.54 Å². The van der Waals surface area contributed by atoms with Gasteiger partial charge in [0.1, 0.15) is 0 Å². The van der Waals surface area contributed by atoms with Crippen LogP contribution in [0.25, 0.3) is 0 Å². The molecule has 0 atom stereocenters. The number of nitrogens with zero attached hydrogens (tertiary/aromatic N) is 1. The summed E-state index contributed by atoms with van der Waals surface area (Å²) in [4.78, 5) is 2.35. The van der Waals surface area contributed by atoms with Crippen LogP contribution in [0.5, 0.6) is 0 Å². The molecule has 0 aromatic heterocycles. The first-order valence-corrected chi connectivity index (χ1v) is 5.35. The minimum Gasteiger partial charge on any atom is -0.374 e. The second-order valence-corrected chi connectivity index (χ2v) is 4.17. The van der Waals surface area contributed by atoms with Crippen molar-refractivity contribution in [1.82, 2.24) is 0 Å². The van der Waals surface area contributed by atoms with Crippen LogP contribution in [0, 0.1) is 20.8 Å². The zero-order valence-corrected chi connectivity index (χ0v) is 10.0. The van der Waals surface area contributed by atoms with Gasteiger partial charge in [0.05, 0.1) is 0 Å². The summed E-state index contributed by atoms with van der Waals surface area (Å²) in [7, 11) is 2.17. The molecule has 1 rings (SSSR count). The van der Waals surface area contributed by atoms with Gasteiger partial charge in [0, 0.05) is 19.3 Å². The number of benzene rings is 1. The average Bonchev–Trinajstić information content (AvgIpc) is 2.01. The molecule has 14 heavy (non-hydrogen) atoms. The molecule has 1 heteroatoms. The van der Waals surface area contributed by atoms with Gasteiger partial charge in [-0.3, -0.25) is 0 Å². The molecule has 0 bridgehead atoms. The lowest BCUT2D eigenvalue weighted by molar-refractivity contribution is 0.845. The molecule has 0 amide bonds. The van der Waals surface area contributed by atoms with E-state index in [0.29, 0.717) is 0 Å². The largest absolute Gasteiger partial charge is 0.374 e. The molecule has 1 aromatic carbocycles. The fourth-order valence-electron chi connectivity index (χ4n) is 2.22. The van der Waals surface area contributed by atoms with E-state index in [-0.39, 0.29) is 0 Å². The predicted octanol–water partition coefficient (Wildman–Crippen LogP) is 3.46. The van der Waals surface area contributed by atoms with Crippen LogP contribution in [0.4, 0.5) is 5.69 Å². The maximum atomic E-state index is 2.35. The Morgan fingerprint density at radius 2 is 1.57 bits per heavy atom. The Labute approximate surface area is 87.7 Å². The van der Waals surface area contributed by atoms with Gasteiger partial charge < -0.3 is 4.90 Å². The third-order valence-corrected chi connectivity index (χ3v) is 2.58.